The molecule has 1 atom stereocenters. The summed E-state index contributed by atoms with van der Waals surface area (Å²) in [6.45, 7) is 4.32. The van der Waals surface area contributed by atoms with Crippen molar-refractivity contribution in [2.24, 2.45) is 5.92 Å². The predicted molar refractivity (Wildman–Crippen MR) is 143 cm³/mol. The lowest BCUT2D eigenvalue weighted by Crippen LogP contribution is -2.49. The molecule has 1 aromatic carbocycles. The van der Waals surface area contributed by atoms with Crippen molar-refractivity contribution >= 4 is 11.7 Å². The summed E-state index contributed by atoms with van der Waals surface area (Å²) >= 11 is 0. The molecule has 8 heteroatoms. The minimum Gasteiger partial charge on any atom is -0.496 e. The number of hydrogen-bond donors (Lipinski definition) is 2. The lowest BCUT2D eigenvalue weighted by atomic mass is 9.94. The molecule has 196 valence electrons. The molecule has 4 heterocycles. The van der Waals surface area contributed by atoms with Crippen LogP contribution in [0.3, 0.4) is 0 Å². The molecule has 2 aliphatic rings. The van der Waals surface area contributed by atoms with Gasteiger partial charge in [0.05, 0.1) is 31.2 Å². The molecule has 5 rings (SSSR count). The van der Waals surface area contributed by atoms with E-state index in [4.69, 9.17) is 14.1 Å². The Morgan fingerprint density at radius 2 is 1.95 bits per heavy atom. The first-order chi connectivity index (χ1) is 18.2. The summed E-state index contributed by atoms with van der Waals surface area (Å²) in [6.07, 6.45) is 5.88. The average molecular weight is 505 g/mol. The Morgan fingerprint density at radius 3 is 2.70 bits per heavy atom. The van der Waals surface area contributed by atoms with E-state index < -0.39 is 0 Å². The third-order valence-electron chi connectivity index (χ3n) is 7.59. The second-order valence-electron chi connectivity index (χ2n) is 9.93. The number of aromatic nitrogens is 1. The summed E-state index contributed by atoms with van der Waals surface area (Å²) in [5.41, 5.74) is 2.23. The fourth-order valence-corrected chi connectivity index (χ4v) is 5.57. The number of nitrogens with one attached hydrogen (secondary N) is 1. The van der Waals surface area contributed by atoms with Gasteiger partial charge in [-0.1, -0.05) is 12.1 Å². The van der Waals surface area contributed by atoms with Crippen LogP contribution < -0.4 is 15.0 Å². The zero-order chi connectivity index (χ0) is 25.6. The average Bonchev–Trinajstić information content (AvgIpc) is 3.49. The van der Waals surface area contributed by atoms with Crippen LogP contribution in [0.15, 0.2) is 59.2 Å². The highest BCUT2D eigenvalue weighted by atomic mass is 16.5. The number of nitrogens with zero attached hydrogens (tertiary/aromatic N) is 3. The van der Waals surface area contributed by atoms with Gasteiger partial charge in [-0.2, -0.15) is 0 Å². The van der Waals surface area contributed by atoms with Crippen LogP contribution in [0, 0.1) is 5.92 Å². The van der Waals surface area contributed by atoms with Crippen LogP contribution in [0.1, 0.15) is 41.8 Å². The van der Waals surface area contributed by atoms with E-state index in [1.54, 1.807) is 13.4 Å². The number of furan rings is 1. The van der Waals surface area contributed by atoms with E-state index in [1.807, 2.05) is 48.5 Å². The maximum atomic E-state index is 13.3. The molecule has 8 nitrogen and oxygen atoms in total. The number of carbonyl (C=O) groups excluding carboxylic acids is 1. The second-order valence-corrected chi connectivity index (χ2v) is 9.93. The van der Waals surface area contributed by atoms with E-state index in [0.29, 0.717) is 35.6 Å². The number of methoxy groups -OCH3 is 1. The minimum absolute atomic E-state index is 0.172. The zero-order valence-electron chi connectivity index (χ0n) is 21.4. The normalized spacial score (nSPS) is 19.1. The summed E-state index contributed by atoms with van der Waals surface area (Å²) in [5, 5.41) is 12.6. The monoisotopic (exact) mass is 504 g/mol. The molecule has 1 amide bonds. The first-order valence-electron chi connectivity index (χ1n) is 13.2. The number of amides is 1. The van der Waals surface area contributed by atoms with Crippen LogP contribution in [-0.4, -0.2) is 66.8 Å². The maximum absolute atomic E-state index is 13.3. The smallest absolute Gasteiger partial charge is 0.255 e. The highest BCUT2D eigenvalue weighted by Crippen LogP contribution is 2.33. The zero-order valence-corrected chi connectivity index (χ0v) is 21.4. The number of hydrogen-bond acceptors (Lipinski definition) is 7. The molecule has 0 aliphatic carbocycles. The van der Waals surface area contributed by atoms with Crippen LogP contribution in [0.4, 0.5) is 5.82 Å². The number of rotatable bonds is 8. The summed E-state index contributed by atoms with van der Waals surface area (Å²) < 4.78 is 11.0. The van der Waals surface area contributed by atoms with E-state index in [-0.39, 0.29) is 12.5 Å². The standard InChI is InChI=1S/C29H36N4O4/c1-36-27-9-3-2-8-24(27)26-11-10-25(29(35)30-18-23-7-5-17-37-23)28(31-26)32-15-12-22(13-16-32)33-14-4-6-21(19-33)20-34/h2-3,5,7-11,17,21-22,34H,4,6,12-16,18-20H2,1H3,(H,30,35). The number of aliphatic hydroxyl groups is 1. The number of pyridine rings is 1. The molecule has 2 fully saturated rings. The lowest BCUT2D eigenvalue weighted by Gasteiger charge is -2.42. The summed E-state index contributed by atoms with van der Waals surface area (Å²) in [7, 11) is 1.66. The molecule has 0 spiro atoms. The highest BCUT2D eigenvalue weighted by Gasteiger charge is 2.30. The number of carbonyl (C=O) groups is 1. The minimum atomic E-state index is -0.172. The summed E-state index contributed by atoms with van der Waals surface area (Å²) in [5.74, 6) is 2.37. The fourth-order valence-electron chi connectivity index (χ4n) is 5.57. The maximum Gasteiger partial charge on any atom is 0.255 e. The van der Waals surface area contributed by atoms with Gasteiger partial charge in [0.1, 0.15) is 17.3 Å². The third kappa shape index (κ3) is 5.81. The number of likely N-dealkylation sites (tertiary alicyclic amines) is 1. The van der Waals surface area contributed by atoms with Gasteiger partial charge in [-0.05, 0) is 74.5 Å². The quantitative estimate of drug-likeness (QED) is 0.480. The van der Waals surface area contributed by atoms with Crippen molar-refractivity contribution in [3.8, 4) is 17.0 Å². The largest absolute Gasteiger partial charge is 0.496 e. The van der Waals surface area contributed by atoms with Gasteiger partial charge in [0.25, 0.3) is 5.91 Å². The van der Waals surface area contributed by atoms with Gasteiger partial charge in [0.2, 0.25) is 0 Å². The van der Waals surface area contributed by atoms with Crippen LogP contribution in [0.25, 0.3) is 11.3 Å². The van der Waals surface area contributed by atoms with E-state index in [2.05, 4.69) is 15.1 Å². The van der Waals surface area contributed by atoms with Crippen molar-refractivity contribution in [3.63, 3.8) is 0 Å². The number of benzene rings is 1. The SMILES string of the molecule is COc1ccccc1-c1ccc(C(=O)NCc2ccco2)c(N2CCC(N3CCCC(CO)C3)CC2)n1. The molecule has 0 radical (unpaired) electrons. The van der Waals surface area contributed by atoms with Gasteiger partial charge in [0.15, 0.2) is 0 Å². The van der Waals surface area contributed by atoms with Crippen LogP contribution in [0.5, 0.6) is 5.75 Å². The van der Waals surface area contributed by atoms with Gasteiger partial charge in [-0.3, -0.25) is 9.69 Å². The first-order valence-corrected chi connectivity index (χ1v) is 13.2. The highest BCUT2D eigenvalue weighted by molar-refractivity contribution is 5.99. The molecular weight excluding hydrogens is 468 g/mol. The van der Waals surface area contributed by atoms with Gasteiger partial charge in [0, 0.05) is 37.8 Å². The number of piperidine rings is 2. The van der Waals surface area contributed by atoms with Gasteiger partial charge >= 0.3 is 0 Å². The second kappa shape index (κ2) is 11.8. The Bertz CT molecular complexity index is 1170. The van der Waals surface area contributed by atoms with Crippen molar-refractivity contribution in [1.82, 2.24) is 15.2 Å². The Balaban J connectivity index is 1.38. The van der Waals surface area contributed by atoms with Crippen molar-refractivity contribution in [3.05, 3.63) is 66.1 Å². The van der Waals surface area contributed by atoms with Crippen LogP contribution in [0.2, 0.25) is 0 Å². The van der Waals surface area contributed by atoms with Crippen molar-refractivity contribution in [2.75, 3.05) is 44.8 Å². The fraction of sp³-hybridized carbons (Fsp3) is 0.448. The van der Waals surface area contributed by atoms with E-state index in [0.717, 1.165) is 68.9 Å². The van der Waals surface area contributed by atoms with E-state index in [9.17, 15) is 9.90 Å². The summed E-state index contributed by atoms with van der Waals surface area (Å²) in [6, 6.07) is 15.7. The lowest BCUT2D eigenvalue weighted by molar-refractivity contribution is 0.0777. The van der Waals surface area contributed by atoms with E-state index >= 15 is 0 Å². The molecule has 37 heavy (non-hydrogen) atoms. The van der Waals surface area contributed by atoms with Gasteiger partial charge in [-0.25, -0.2) is 4.98 Å². The molecule has 0 bridgehead atoms. The molecule has 0 saturated carbocycles. The number of ether oxygens (including phenoxy) is 1. The first kappa shape index (κ1) is 25.3. The van der Waals surface area contributed by atoms with Gasteiger partial charge < -0.3 is 24.5 Å². The Labute approximate surface area is 218 Å². The molecule has 1 unspecified atom stereocenters. The topological polar surface area (TPSA) is 91.1 Å². The Morgan fingerprint density at radius 1 is 1.11 bits per heavy atom. The molecule has 2 aromatic heterocycles. The molecule has 2 N–H and O–H groups in total. The molecule has 3 aromatic rings. The molecule has 2 saturated heterocycles. The van der Waals surface area contributed by atoms with Gasteiger partial charge in [-0.15, -0.1) is 0 Å². The van der Waals surface area contributed by atoms with Crippen molar-refractivity contribution in [1.29, 1.82) is 0 Å². The van der Waals surface area contributed by atoms with Crippen LogP contribution in [-0.2, 0) is 6.54 Å². The molecular formula is C29H36N4O4. The number of para-hydroxylation sites is 1. The Hall–Kier alpha value is -3.36. The Kier molecular flexibility index (Phi) is 8.06. The van der Waals surface area contributed by atoms with Crippen LogP contribution >= 0.6 is 0 Å². The number of aliphatic hydroxyl groups excluding tert-OH is 1. The van der Waals surface area contributed by atoms with Crippen molar-refractivity contribution < 1.29 is 19.1 Å². The molecule has 2 aliphatic heterocycles. The van der Waals surface area contributed by atoms with Crippen molar-refractivity contribution in [2.45, 2.75) is 38.3 Å². The third-order valence-corrected chi connectivity index (χ3v) is 7.59. The predicted octanol–water partition coefficient (Wildman–Crippen LogP) is 3.95. The number of anilines is 1. The van der Waals surface area contributed by atoms with E-state index in [1.165, 1.54) is 0 Å². The summed E-state index contributed by atoms with van der Waals surface area (Å²) in [4.78, 5) is 23.1.